The molecule has 2 aliphatic heterocycles. The van der Waals surface area contributed by atoms with E-state index >= 15 is 0 Å². The highest BCUT2D eigenvalue weighted by Crippen LogP contribution is 2.18. The van der Waals surface area contributed by atoms with Gasteiger partial charge in [-0.15, -0.1) is 0 Å². The summed E-state index contributed by atoms with van der Waals surface area (Å²) in [5.74, 6) is 5.51. The van der Waals surface area contributed by atoms with Gasteiger partial charge in [-0.05, 0) is 56.7 Å². The minimum Gasteiger partial charge on any atom is -0.480 e. The normalized spacial score (nSPS) is 22.7. The number of nitrogens with one attached hydrogen (secondary N) is 1. The molecule has 6 heteroatoms. The highest BCUT2D eigenvalue weighted by molar-refractivity contribution is 5.73. The van der Waals surface area contributed by atoms with E-state index in [0.717, 1.165) is 55.6 Å². The average molecular weight is 398 g/mol. The van der Waals surface area contributed by atoms with Crippen LogP contribution in [0.4, 0.5) is 0 Å². The lowest BCUT2D eigenvalue weighted by Gasteiger charge is -2.22. The molecule has 0 radical (unpaired) electrons. The van der Waals surface area contributed by atoms with Crippen molar-refractivity contribution in [1.82, 2.24) is 10.2 Å². The first-order chi connectivity index (χ1) is 14.0. The van der Waals surface area contributed by atoms with Gasteiger partial charge in [-0.25, -0.2) is 0 Å². The van der Waals surface area contributed by atoms with Gasteiger partial charge in [0.05, 0.1) is 18.3 Å². The Bertz CT molecular complexity index is 803. The Labute approximate surface area is 173 Å². The van der Waals surface area contributed by atoms with Gasteiger partial charge in [0, 0.05) is 37.0 Å². The molecule has 2 aliphatic rings. The van der Waals surface area contributed by atoms with E-state index in [2.05, 4.69) is 17.2 Å². The summed E-state index contributed by atoms with van der Waals surface area (Å²) < 4.78 is 5.72. The van der Waals surface area contributed by atoms with Crippen molar-refractivity contribution in [3.05, 3.63) is 41.1 Å². The number of hydrogen-bond acceptors (Lipinski definition) is 5. The van der Waals surface area contributed by atoms with Crippen molar-refractivity contribution >= 4 is 11.7 Å². The van der Waals surface area contributed by atoms with Gasteiger partial charge in [-0.1, -0.05) is 17.9 Å². The molecule has 2 unspecified atom stereocenters. The van der Waals surface area contributed by atoms with Gasteiger partial charge in [0.2, 0.25) is 0 Å². The van der Waals surface area contributed by atoms with Gasteiger partial charge in [-0.2, -0.15) is 0 Å². The Balaban J connectivity index is 1.55. The molecule has 0 saturated carbocycles. The van der Waals surface area contributed by atoms with Crippen LogP contribution in [0.15, 0.2) is 24.4 Å². The second-order valence-corrected chi connectivity index (χ2v) is 7.79. The lowest BCUT2D eigenvalue weighted by atomic mass is 10.0. The molecule has 29 heavy (non-hydrogen) atoms. The number of likely N-dealkylation sites (tertiary alicyclic amines) is 1. The van der Waals surface area contributed by atoms with Crippen LogP contribution in [0.5, 0.6) is 0 Å². The maximum atomic E-state index is 11.2. The van der Waals surface area contributed by atoms with Gasteiger partial charge < -0.3 is 20.9 Å². The fourth-order valence-corrected chi connectivity index (χ4v) is 3.95. The quantitative estimate of drug-likeness (QED) is 0.639. The van der Waals surface area contributed by atoms with E-state index in [1.807, 2.05) is 36.2 Å². The van der Waals surface area contributed by atoms with Crippen molar-refractivity contribution < 1.29 is 14.6 Å². The fraction of sp³-hybridized carbons (Fsp3) is 0.522. The summed E-state index contributed by atoms with van der Waals surface area (Å²) in [6, 6.07) is 5.56. The SMILES string of the molecule is Cc1cc(C#CCN2CCCC2C(=O)O)ccc1/C(N)=C/NCC1CCCCO1. The summed E-state index contributed by atoms with van der Waals surface area (Å²) in [6.45, 7) is 4.92. The van der Waals surface area contributed by atoms with Crippen molar-refractivity contribution in [3.8, 4) is 11.8 Å². The number of aliphatic carboxylic acids is 1. The number of carboxylic acids is 1. The lowest BCUT2D eigenvalue weighted by Crippen LogP contribution is -2.36. The van der Waals surface area contributed by atoms with Crippen LogP contribution in [0.25, 0.3) is 5.70 Å². The topological polar surface area (TPSA) is 87.8 Å². The summed E-state index contributed by atoms with van der Waals surface area (Å²) in [7, 11) is 0. The molecule has 6 nitrogen and oxygen atoms in total. The highest BCUT2D eigenvalue weighted by Gasteiger charge is 2.29. The number of carbonyl (C=O) groups is 1. The molecule has 1 aromatic rings. The minimum atomic E-state index is -0.754. The molecule has 2 atom stereocenters. The van der Waals surface area contributed by atoms with Crippen LogP contribution in [0.2, 0.25) is 0 Å². The number of rotatable bonds is 6. The van der Waals surface area contributed by atoms with E-state index in [4.69, 9.17) is 10.5 Å². The number of hydrogen-bond donors (Lipinski definition) is 3. The number of aryl methyl sites for hydroxylation is 1. The first-order valence-electron chi connectivity index (χ1n) is 10.4. The second-order valence-electron chi connectivity index (χ2n) is 7.79. The van der Waals surface area contributed by atoms with Crippen molar-refractivity contribution in [3.63, 3.8) is 0 Å². The second kappa shape index (κ2) is 10.3. The Morgan fingerprint density at radius 3 is 2.97 bits per heavy atom. The molecular formula is C23H31N3O3. The molecular weight excluding hydrogens is 366 g/mol. The number of carboxylic acid groups (broad SMARTS) is 1. The molecule has 0 aliphatic carbocycles. The zero-order valence-corrected chi connectivity index (χ0v) is 17.1. The van der Waals surface area contributed by atoms with Crippen LogP contribution in [-0.4, -0.2) is 54.4 Å². The monoisotopic (exact) mass is 397 g/mol. The van der Waals surface area contributed by atoms with E-state index in [9.17, 15) is 9.90 Å². The first kappa shape index (κ1) is 21.2. The molecule has 0 spiro atoms. The maximum Gasteiger partial charge on any atom is 0.320 e. The van der Waals surface area contributed by atoms with Crippen LogP contribution < -0.4 is 11.1 Å². The van der Waals surface area contributed by atoms with E-state index < -0.39 is 12.0 Å². The third kappa shape index (κ3) is 5.99. The molecule has 0 bridgehead atoms. The molecule has 2 saturated heterocycles. The van der Waals surface area contributed by atoms with Crippen molar-refractivity contribution in [2.45, 2.75) is 51.2 Å². The summed E-state index contributed by atoms with van der Waals surface area (Å²) in [4.78, 5) is 13.2. The Hall–Kier alpha value is -2.49. The third-order valence-corrected chi connectivity index (χ3v) is 5.58. The number of nitrogens with two attached hydrogens (primary N) is 1. The highest BCUT2D eigenvalue weighted by atomic mass is 16.5. The fourth-order valence-electron chi connectivity index (χ4n) is 3.95. The first-order valence-corrected chi connectivity index (χ1v) is 10.4. The van der Waals surface area contributed by atoms with Gasteiger partial charge in [0.1, 0.15) is 6.04 Å². The molecule has 2 heterocycles. The van der Waals surface area contributed by atoms with E-state index in [1.54, 1.807) is 0 Å². The zero-order valence-electron chi connectivity index (χ0n) is 17.1. The number of ether oxygens (including phenoxy) is 1. The predicted molar refractivity (Wildman–Crippen MR) is 114 cm³/mol. The molecule has 3 rings (SSSR count). The molecule has 156 valence electrons. The predicted octanol–water partition coefficient (Wildman–Crippen LogP) is 2.31. The van der Waals surface area contributed by atoms with Crippen LogP contribution in [-0.2, 0) is 9.53 Å². The minimum absolute atomic E-state index is 0.267. The Morgan fingerprint density at radius 1 is 1.38 bits per heavy atom. The summed E-state index contributed by atoms with van der Waals surface area (Å²) in [5, 5.41) is 12.5. The van der Waals surface area contributed by atoms with Crippen LogP contribution in [0.1, 0.15) is 48.8 Å². The summed E-state index contributed by atoms with van der Waals surface area (Å²) in [5.41, 5.74) is 9.90. The lowest BCUT2D eigenvalue weighted by molar-refractivity contribution is -0.141. The average Bonchev–Trinajstić information content (AvgIpc) is 3.18. The maximum absolute atomic E-state index is 11.2. The Kier molecular flexibility index (Phi) is 7.56. The standard InChI is InChI=1S/C23H31N3O3/c1-17-14-18(6-4-11-26-12-5-8-22(26)23(27)28)9-10-20(17)21(24)16-25-15-19-7-2-3-13-29-19/h9-10,14,16,19,22,25H,2-3,5,7-8,11-13,15,24H2,1H3,(H,27,28)/b21-16-. The summed E-state index contributed by atoms with van der Waals surface area (Å²) in [6.07, 6.45) is 7.21. The molecule has 4 N–H and O–H groups in total. The number of nitrogens with zero attached hydrogens (tertiary/aromatic N) is 1. The molecule has 0 amide bonds. The van der Waals surface area contributed by atoms with E-state index in [-0.39, 0.29) is 6.10 Å². The number of benzene rings is 1. The van der Waals surface area contributed by atoms with E-state index in [0.29, 0.717) is 18.7 Å². The molecule has 0 aromatic heterocycles. The van der Waals surface area contributed by atoms with Crippen molar-refractivity contribution in [1.29, 1.82) is 0 Å². The third-order valence-electron chi connectivity index (χ3n) is 5.58. The van der Waals surface area contributed by atoms with Crippen LogP contribution in [0, 0.1) is 18.8 Å². The largest absolute Gasteiger partial charge is 0.480 e. The van der Waals surface area contributed by atoms with Crippen LogP contribution in [0.3, 0.4) is 0 Å². The van der Waals surface area contributed by atoms with Crippen LogP contribution >= 0.6 is 0 Å². The summed E-state index contributed by atoms with van der Waals surface area (Å²) >= 11 is 0. The van der Waals surface area contributed by atoms with Gasteiger partial charge in [-0.3, -0.25) is 9.69 Å². The van der Waals surface area contributed by atoms with Gasteiger partial charge in [0.15, 0.2) is 0 Å². The smallest absolute Gasteiger partial charge is 0.320 e. The van der Waals surface area contributed by atoms with Crippen molar-refractivity contribution in [2.75, 3.05) is 26.2 Å². The van der Waals surface area contributed by atoms with E-state index in [1.165, 1.54) is 6.42 Å². The molecule has 2 fully saturated rings. The van der Waals surface area contributed by atoms with Crippen molar-refractivity contribution in [2.24, 2.45) is 5.73 Å². The van der Waals surface area contributed by atoms with Gasteiger partial charge >= 0.3 is 5.97 Å². The van der Waals surface area contributed by atoms with Gasteiger partial charge in [0.25, 0.3) is 0 Å². The molecule has 1 aromatic carbocycles. The Morgan fingerprint density at radius 2 is 2.24 bits per heavy atom. The zero-order chi connectivity index (χ0) is 20.6.